The molecule has 19 heavy (non-hydrogen) atoms. The molecule has 1 aromatic heterocycles. The Labute approximate surface area is 117 Å². The topological polar surface area (TPSA) is 82.2 Å². The summed E-state index contributed by atoms with van der Waals surface area (Å²) in [6.07, 6.45) is 0. The smallest absolute Gasteiger partial charge is 0.256 e. The molecule has 1 aromatic carbocycles. The summed E-state index contributed by atoms with van der Waals surface area (Å²) in [5.74, 6) is -0.800. The van der Waals surface area contributed by atoms with Crippen LogP contribution in [0.2, 0.25) is 0 Å². The third kappa shape index (κ3) is 3.23. The fourth-order valence-corrected chi connectivity index (χ4v) is 1.94. The predicted octanol–water partition coefficient (Wildman–Crippen LogP) is 2.40. The summed E-state index contributed by atoms with van der Waals surface area (Å²) < 4.78 is 0.835. The number of H-pyrrole nitrogens is 1. The standard InChI is InChI=1S/C13H11BrN2O3/c1-7-2-3-9(14)6-10(7)15-13(19)8-4-11(17)16-12(18)5-8/h2-6H,1H3,(H,15,19)(H2,16,17,18). The fraction of sp³-hybridized carbons (Fsp3) is 0.0769. The molecular weight excluding hydrogens is 312 g/mol. The molecule has 0 atom stereocenters. The zero-order chi connectivity index (χ0) is 14.0. The van der Waals surface area contributed by atoms with E-state index < -0.39 is 11.5 Å². The molecule has 5 nitrogen and oxygen atoms in total. The third-order valence-electron chi connectivity index (χ3n) is 2.54. The van der Waals surface area contributed by atoms with Crippen LogP contribution in [0.5, 0.6) is 5.88 Å². The normalized spacial score (nSPS) is 10.2. The van der Waals surface area contributed by atoms with E-state index in [2.05, 4.69) is 26.2 Å². The van der Waals surface area contributed by atoms with E-state index in [1.165, 1.54) is 6.07 Å². The molecule has 0 saturated carbocycles. The number of aromatic nitrogens is 1. The SMILES string of the molecule is Cc1ccc(Br)cc1NC(=O)c1cc(O)[nH]c(=O)c1. The number of carbonyl (C=O) groups is 1. The Kier molecular flexibility index (Phi) is 3.71. The van der Waals surface area contributed by atoms with Crippen LogP contribution < -0.4 is 10.9 Å². The quantitative estimate of drug-likeness (QED) is 0.794. The number of pyridine rings is 1. The molecule has 2 rings (SSSR count). The van der Waals surface area contributed by atoms with Crippen LogP contribution in [0.15, 0.2) is 39.6 Å². The first-order chi connectivity index (χ1) is 8.95. The lowest BCUT2D eigenvalue weighted by molar-refractivity contribution is 0.102. The van der Waals surface area contributed by atoms with Gasteiger partial charge in [-0.25, -0.2) is 0 Å². The van der Waals surface area contributed by atoms with Crippen molar-refractivity contribution in [2.75, 3.05) is 5.32 Å². The molecule has 1 amide bonds. The van der Waals surface area contributed by atoms with Crippen LogP contribution in [0.3, 0.4) is 0 Å². The number of benzene rings is 1. The second-order valence-electron chi connectivity index (χ2n) is 4.03. The van der Waals surface area contributed by atoms with E-state index in [1.54, 1.807) is 6.07 Å². The van der Waals surface area contributed by atoms with Gasteiger partial charge in [-0.2, -0.15) is 0 Å². The minimum Gasteiger partial charge on any atom is -0.494 e. The number of hydrogen-bond donors (Lipinski definition) is 3. The van der Waals surface area contributed by atoms with E-state index in [0.717, 1.165) is 16.1 Å². The zero-order valence-electron chi connectivity index (χ0n) is 10.0. The lowest BCUT2D eigenvalue weighted by Crippen LogP contribution is -2.16. The van der Waals surface area contributed by atoms with Gasteiger partial charge in [-0.15, -0.1) is 0 Å². The number of nitrogens with one attached hydrogen (secondary N) is 2. The van der Waals surface area contributed by atoms with Crippen LogP contribution >= 0.6 is 15.9 Å². The largest absolute Gasteiger partial charge is 0.494 e. The van der Waals surface area contributed by atoms with Gasteiger partial charge in [0.15, 0.2) is 5.88 Å². The molecule has 0 saturated heterocycles. The molecule has 0 spiro atoms. The summed E-state index contributed by atoms with van der Waals surface area (Å²) in [5, 5.41) is 12.0. The molecule has 0 aliphatic heterocycles. The van der Waals surface area contributed by atoms with Gasteiger partial charge in [0.1, 0.15) is 0 Å². The Balaban J connectivity index is 2.30. The van der Waals surface area contributed by atoms with Crippen molar-refractivity contribution < 1.29 is 9.90 Å². The Morgan fingerprint density at radius 2 is 2.05 bits per heavy atom. The first-order valence-corrected chi connectivity index (χ1v) is 6.26. The van der Waals surface area contributed by atoms with Gasteiger partial charge in [-0.3, -0.25) is 14.6 Å². The molecule has 0 bridgehead atoms. The van der Waals surface area contributed by atoms with E-state index in [9.17, 15) is 14.7 Å². The number of amides is 1. The van der Waals surface area contributed by atoms with Crippen LogP contribution in [-0.4, -0.2) is 16.0 Å². The number of hydrogen-bond acceptors (Lipinski definition) is 3. The van der Waals surface area contributed by atoms with Gasteiger partial charge >= 0.3 is 0 Å². The van der Waals surface area contributed by atoms with Crippen molar-refractivity contribution in [2.24, 2.45) is 0 Å². The second kappa shape index (κ2) is 5.27. The van der Waals surface area contributed by atoms with Crippen LogP contribution in [0.25, 0.3) is 0 Å². The molecule has 0 aliphatic rings. The molecular formula is C13H11BrN2O3. The maximum absolute atomic E-state index is 12.0. The summed E-state index contributed by atoms with van der Waals surface area (Å²) >= 11 is 3.32. The van der Waals surface area contributed by atoms with E-state index in [4.69, 9.17) is 0 Å². The molecule has 6 heteroatoms. The van der Waals surface area contributed by atoms with Crippen molar-refractivity contribution in [3.63, 3.8) is 0 Å². The first kappa shape index (κ1) is 13.4. The van der Waals surface area contributed by atoms with Crippen LogP contribution in [0.1, 0.15) is 15.9 Å². The van der Waals surface area contributed by atoms with Gasteiger partial charge in [0.2, 0.25) is 0 Å². The van der Waals surface area contributed by atoms with Crippen molar-refractivity contribution in [1.29, 1.82) is 0 Å². The van der Waals surface area contributed by atoms with E-state index >= 15 is 0 Å². The van der Waals surface area contributed by atoms with Crippen molar-refractivity contribution >= 4 is 27.5 Å². The van der Waals surface area contributed by atoms with Gasteiger partial charge in [-0.1, -0.05) is 22.0 Å². The highest BCUT2D eigenvalue weighted by Crippen LogP contribution is 2.21. The van der Waals surface area contributed by atoms with Gasteiger partial charge in [0, 0.05) is 22.3 Å². The summed E-state index contributed by atoms with van der Waals surface area (Å²) in [4.78, 5) is 25.3. The Hall–Kier alpha value is -2.08. The maximum Gasteiger partial charge on any atom is 0.256 e. The van der Waals surface area contributed by atoms with Gasteiger partial charge in [-0.05, 0) is 24.6 Å². The average molecular weight is 323 g/mol. The van der Waals surface area contributed by atoms with Crippen molar-refractivity contribution in [3.8, 4) is 5.88 Å². The lowest BCUT2D eigenvalue weighted by Gasteiger charge is -2.08. The van der Waals surface area contributed by atoms with Crippen molar-refractivity contribution in [3.05, 3.63) is 56.3 Å². The van der Waals surface area contributed by atoms with Crippen LogP contribution in [0, 0.1) is 6.92 Å². The molecule has 0 fully saturated rings. The molecule has 0 unspecified atom stereocenters. The highest BCUT2D eigenvalue weighted by atomic mass is 79.9. The zero-order valence-corrected chi connectivity index (χ0v) is 11.6. The number of aryl methyl sites for hydroxylation is 1. The van der Waals surface area contributed by atoms with E-state index in [-0.39, 0.29) is 11.4 Å². The molecule has 0 aliphatic carbocycles. The first-order valence-electron chi connectivity index (χ1n) is 5.46. The minimum atomic E-state index is -0.531. The highest BCUT2D eigenvalue weighted by Gasteiger charge is 2.10. The summed E-state index contributed by atoms with van der Waals surface area (Å²) in [5.41, 5.74) is 1.10. The molecule has 1 heterocycles. The Bertz CT molecular complexity index is 695. The highest BCUT2D eigenvalue weighted by molar-refractivity contribution is 9.10. The monoisotopic (exact) mass is 322 g/mol. The maximum atomic E-state index is 12.0. The molecule has 0 radical (unpaired) electrons. The van der Waals surface area contributed by atoms with Gasteiger partial charge < -0.3 is 10.4 Å². The average Bonchev–Trinajstić information content (AvgIpc) is 2.32. The number of anilines is 1. The van der Waals surface area contributed by atoms with Gasteiger partial charge in [0.05, 0.1) is 5.56 Å². The van der Waals surface area contributed by atoms with Crippen molar-refractivity contribution in [2.45, 2.75) is 6.92 Å². The summed E-state index contributed by atoms with van der Waals surface area (Å²) in [6, 6.07) is 7.81. The number of aromatic amines is 1. The number of halogens is 1. The van der Waals surface area contributed by atoms with Gasteiger partial charge in [0.25, 0.3) is 11.5 Å². The van der Waals surface area contributed by atoms with E-state index in [1.807, 2.05) is 19.1 Å². The fourth-order valence-electron chi connectivity index (χ4n) is 1.58. The second-order valence-corrected chi connectivity index (χ2v) is 4.95. The van der Waals surface area contributed by atoms with E-state index in [0.29, 0.717) is 5.69 Å². The molecule has 2 aromatic rings. The predicted molar refractivity (Wildman–Crippen MR) is 75.6 cm³/mol. The minimum absolute atomic E-state index is 0.0978. The lowest BCUT2D eigenvalue weighted by atomic mass is 10.2. The van der Waals surface area contributed by atoms with Crippen LogP contribution in [-0.2, 0) is 0 Å². The Morgan fingerprint density at radius 3 is 2.74 bits per heavy atom. The number of carbonyl (C=O) groups excluding carboxylic acids is 1. The Morgan fingerprint density at radius 1 is 1.32 bits per heavy atom. The number of rotatable bonds is 2. The summed E-state index contributed by atoms with van der Waals surface area (Å²) in [6.45, 7) is 1.86. The molecule has 98 valence electrons. The number of aromatic hydroxyl groups is 1. The summed E-state index contributed by atoms with van der Waals surface area (Å²) in [7, 11) is 0. The van der Waals surface area contributed by atoms with Crippen LogP contribution in [0.4, 0.5) is 5.69 Å². The molecule has 3 N–H and O–H groups in total. The van der Waals surface area contributed by atoms with Crippen molar-refractivity contribution in [1.82, 2.24) is 4.98 Å². The third-order valence-corrected chi connectivity index (χ3v) is 3.03.